The Labute approximate surface area is 212 Å². The molecule has 0 unspecified atom stereocenters. The second-order valence-electron chi connectivity index (χ2n) is 9.38. The lowest BCUT2D eigenvalue weighted by Gasteiger charge is -2.23. The highest BCUT2D eigenvalue weighted by Crippen LogP contribution is 2.25. The van der Waals surface area contributed by atoms with E-state index >= 15 is 0 Å². The van der Waals surface area contributed by atoms with Crippen LogP contribution < -0.4 is 10.9 Å². The second kappa shape index (κ2) is 10.4. The van der Waals surface area contributed by atoms with E-state index in [0.29, 0.717) is 22.2 Å². The maximum absolute atomic E-state index is 13.8. The summed E-state index contributed by atoms with van der Waals surface area (Å²) < 4.78 is 39.7. The Morgan fingerprint density at radius 1 is 0.973 bits per heavy atom. The predicted octanol–water partition coefficient (Wildman–Crippen LogP) is 5.34. The zero-order valence-electron chi connectivity index (χ0n) is 20.6. The average molecular weight is 509 g/mol. The van der Waals surface area contributed by atoms with Crippen LogP contribution in [0.15, 0.2) is 66.7 Å². The number of benzene rings is 2. The van der Waals surface area contributed by atoms with E-state index in [0.717, 1.165) is 5.01 Å². The molecular formula is C27H26F2N4O4. The average Bonchev–Trinajstić information content (AvgIpc) is 3.18. The minimum absolute atomic E-state index is 0.101. The van der Waals surface area contributed by atoms with Crippen LogP contribution in [0.2, 0.25) is 0 Å². The molecule has 0 saturated carbocycles. The fourth-order valence-electron chi connectivity index (χ4n) is 3.67. The first-order valence-corrected chi connectivity index (χ1v) is 11.4. The van der Waals surface area contributed by atoms with Gasteiger partial charge in [-0.15, -0.1) is 0 Å². The molecule has 0 atom stereocenters. The summed E-state index contributed by atoms with van der Waals surface area (Å²) in [6.07, 6.45) is -0.798. The van der Waals surface area contributed by atoms with Crippen LogP contribution in [0.3, 0.4) is 0 Å². The van der Waals surface area contributed by atoms with Gasteiger partial charge in [-0.1, -0.05) is 24.3 Å². The van der Waals surface area contributed by atoms with Crippen molar-refractivity contribution in [2.45, 2.75) is 39.5 Å². The van der Waals surface area contributed by atoms with Crippen LogP contribution in [0.4, 0.5) is 19.4 Å². The van der Waals surface area contributed by atoms with Crippen molar-refractivity contribution in [2.24, 2.45) is 5.84 Å². The third-order valence-corrected chi connectivity index (χ3v) is 5.28. The molecule has 0 spiro atoms. The van der Waals surface area contributed by atoms with Gasteiger partial charge in [0.05, 0.1) is 11.0 Å². The highest BCUT2D eigenvalue weighted by atomic mass is 19.1. The molecule has 0 aliphatic heterocycles. The number of pyridine rings is 1. The van der Waals surface area contributed by atoms with Crippen molar-refractivity contribution in [2.75, 3.05) is 5.01 Å². The Morgan fingerprint density at radius 2 is 1.62 bits per heavy atom. The third-order valence-electron chi connectivity index (χ3n) is 5.28. The SMILES string of the molecule is CC(C)(C)OC(=O)N(N)c1ccc2c(cc(C(=O)OCc3cccc(F)c3)n2Cc2cccc(F)c2)n1. The predicted molar refractivity (Wildman–Crippen MR) is 134 cm³/mol. The van der Waals surface area contributed by atoms with Crippen LogP contribution in [-0.4, -0.2) is 27.2 Å². The van der Waals surface area contributed by atoms with Crippen LogP contribution in [0, 0.1) is 11.6 Å². The van der Waals surface area contributed by atoms with Crippen molar-refractivity contribution in [3.05, 3.63) is 95.2 Å². The molecule has 0 fully saturated rings. The molecule has 0 aliphatic carbocycles. The topological polar surface area (TPSA) is 99.7 Å². The number of carbonyl (C=O) groups is 2. The van der Waals surface area contributed by atoms with Gasteiger partial charge in [0, 0.05) is 6.54 Å². The van der Waals surface area contributed by atoms with Crippen molar-refractivity contribution in [1.82, 2.24) is 9.55 Å². The Kier molecular flexibility index (Phi) is 7.21. The van der Waals surface area contributed by atoms with Crippen molar-refractivity contribution < 1.29 is 27.8 Å². The standard InChI is InChI=1S/C27H26F2N4O4/c1-27(2,3)37-26(35)33(30)24-11-10-22-21(31-24)14-23(32(22)15-17-6-4-8-19(28)12-17)25(34)36-16-18-7-5-9-20(29)13-18/h4-14H,15-16,30H2,1-3H3. The third kappa shape index (κ3) is 6.28. The number of rotatable bonds is 6. The largest absolute Gasteiger partial charge is 0.456 e. The van der Waals surface area contributed by atoms with E-state index in [2.05, 4.69) is 4.98 Å². The number of carbonyl (C=O) groups excluding carboxylic acids is 2. The van der Waals surface area contributed by atoms with Crippen molar-refractivity contribution in [3.63, 3.8) is 0 Å². The Morgan fingerprint density at radius 3 is 2.27 bits per heavy atom. The van der Waals surface area contributed by atoms with Crippen LogP contribution in [0.25, 0.3) is 11.0 Å². The van der Waals surface area contributed by atoms with E-state index < -0.39 is 29.3 Å². The molecule has 2 heterocycles. The number of amides is 1. The number of fused-ring (bicyclic) bond motifs is 1. The number of halogens is 2. The number of hydrogen-bond donors (Lipinski definition) is 1. The highest BCUT2D eigenvalue weighted by Gasteiger charge is 2.24. The first-order valence-electron chi connectivity index (χ1n) is 11.4. The molecule has 4 aromatic rings. The summed E-state index contributed by atoms with van der Waals surface area (Å²) in [4.78, 5) is 29.9. The lowest BCUT2D eigenvalue weighted by atomic mass is 10.2. The van der Waals surface area contributed by atoms with Crippen LogP contribution in [-0.2, 0) is 22.6 Å². The number of nitrogens with two attached hydrogens (primary N) is 1. The van der Waals surface area contributed by atoms with Gasteiger partial charge in [0.25, 0.3) is 0 Å². The van der Waals surface area contributed by atoms with Gasteiger partial charge >= 0.3 is 12.1 Å². The zero-order valence-corrected chi connectivity index (χ0v) is 20.6. The molecule has 10 heteroatoms. The Balaban J connectivity index is 1.68. The van der Waals surface area contributed by atoms with Gasteiger partial charge in [-0.3, -0.25) is 0 Å². The monoisotopic (exact) mass is 508 g/mol. The first kappa shape index (κ1) is 25.8. The molecule has 0 saturated heterocycles. The van der Waals surface area contributed by atoms with E-state index in [1.807, 2.05) is 0 Å². The zero-order chi connectivity index (χ0) is 26.7. The molecule has 2 aromatic carbocycles. The minimum Gasteiger partial charge on any atom is -0.456 e. The van der Waals surface area contributed by atoms with Gasteiger partial charge in [0.15, 0.2) is 5.82 Å². The van der Waals surface area contributed by atoms with E-state index in [4.69, 9.17) is 15.3 Å². The minimum atomic E-state index is -0.798. The van der Waals surface area contributed by atoms with Crippen molar-refractivity contribution >= 4 is 28.9 Å². The molecule has 1 amide bonds. The number of esters is 1. The summed E-state index contributed by atoms with van der Waals surface area (Å²) in [5.41, 5.74) is 1.36. The van der Waals surface area contributed by atoms with E-state index in [1.54, 1.807) is 49.6 Å². The summed E-state index contributed by atoms with van der Waals surface area (Å²) in [7, 11) is 0. The van der Waals surface area contributed by atoms with E-state index in [-0.39, 0.29) is 24.7 Å². The van der Waals surface area contributed by atoms with E-state index in [1.165, 1.54) is 42.5 Å². The van der Waals surface area contributed by atoms with Gasteiger partial charge in [0.1, 0.15) is 29.5 Å². The molecule has 8 nitrogen and oxygen atoms in total. The molecule has 37 heavy (non-hydrogen) atoms. The molecular weight excluding hydrogens is 482 g/mol. The Bertz CT molecular complexity index is 1460. The normalized spacial score (nSPS) is 11.4. The van der Waals surface area contributed by atoms with Crippen molar-refractivity contribution in [1.29, 1.82) is 0 Å². The highest BCUT2D eigenvalue weighted by molar-refractivity contribution is 5.95. The maximum atomic E-state index is 13.8. The van der Waals surface area contributed by atoms with Gasteiger partial charge in [0.2, 0.25) is 0 Å². The quantitative estimate of drug-likeness (QED) is 0.163. The van der Waals surface area contributed by atoms with Crippen LogP contribution >= 0.6 is 0 Å². The molecule has 0 radical (unpaired) electrons. The second-order valence-corrected chi connectivity index (χ2v) is 9.38. The smallest absolute Gasteiger partial charge is 0.430 e. The molecule has 0 aliphatic rings. The molecule has 0 bridgehead atoms. The van der Waals surface area contributed by atoms with Gasteiger partial charge in [-0.05, 0) is 74.4 Å². The number of anilines is 1. The van der Waals surface area contributed by atoms with E-state index in [9.17, 15) is 18.4 Å². The maximum Gasteiger partial charge on any atom is 0.430 e. The molecule has 4 rings (SSSR count). The number of ether oxygens (including phenoxy) is 2. The van der Waals surface area contributed by atoms with Crippen LogP contribution in [0.5, 0.6) is 0 Å². The molecule has 192 valence electrons. The summed E-state index contributed by atoms with van der Waals surface area (Å²) in [6.45, 7) is 5.13. The summed E-state index contributed by atoms with van der Waals surface area (Å²) in [5, 5.41) is 0.774. The fourth-order valence-corrected chi connectivity index (χ4v) is 3.67. The molecule has 2 aromatic heterocycles. The lowest BCUT2D eigenvalue weighted by molar-refractivity contribution is 0.0460. The van der Waals surface area contributed by atoms with Crippen LogP contribution in [0.1, 0.15) is 42.4 Å². The fraction of sp³-hybridized carbons (Fsp3) is 0.222. The van der Waals surface area contributed by atoms with Gasteiger partial charge < -0.3 is 14.0 Å². The van der Waals surface area contributed by atoms with Gasteiger partial charge in [-0.2, -0.15) is 5.01 Å². The summed E-state index contributed by atoms with van der Waals surface area (Å²) in [6, 6.07) is 16.4. The summed E-state index contributed by atoms with van der Waals surface area (Å²) in [5.74, 6) is 4.49. The molecule has 2 N–H and O–H groups in total. The summed E-state index contributed by atoms with van der Waals surface area (Å²) >= 11 is 0. The number of nitrogens with zero attached hydrogens (tertiary/aromatic N) is 3. The Hall–Kier alpha value is -4.31. The van der Waals surface area contributed by atoms with Crippen molar-refractivity contribution in [3.8, 4) is 0 Å². The number of hydrogen-bond acceptors (Lipinski definition) is 6. The van der Waals surface area contributed by atoms with Gasteiger partial charge in [-0.25, -0.2) is 29.2 Å². The lowest BCUT2D eigenvalue weighted by Crippen LogP contribution is -2.42. The number of hydrazine groups is 1. The number of aromatic nitrogens is 2. The first-order chi connectivity index (χ1) is 17.5.